The number of benzene rings is 2. The minimum absolute atomic E-state index is 0.0187. The lowest BCUT2D eigenvalue weighted by atomic mass is 9.95. The van der Waals surface area contributed by atoms with E-state index in [0.717, 1.165) is 55.0 Å². The number of nitrogens with zero attached hydrogens (tertiary/aromatic N) is 5. The Hall–Kier alpha value is -3.83. The normalized spacial score (nSPS) is 28.7. The van der Waals surface area contributed by atoms with E-state index in [9.17, 15) is 9.50 Å². The predicted octanol–water partition coefficient (Wildman–Crippen LogP) is 4.91. The predicted molar refractivity (Wildman–Crippen MR) is 166 cm³/mol. The van der Waals surface area contributed by atoms with Gasteiger partial charge in [-0.05, 0) is 67.1 Å². The Morgan fingerprint density at radius 2 is 2.07 bits per heavy atom. The molecule has 2 N–H and O–H groups in total. The number of nitrogens with one attached hydrogen (secondary N) is 1. The number of pyridine rings is 1. The molecule has 0 aliphatic carbocycles. The topological polar surface area (TPSA) is 95.9 Å². The van der Waals surface area contributed by atoms with E-state index in [0.29, 0.717) is 48.9 Å². The van der Waals surface area contributed by atoms with Gasteiger partial charge in [0.25, 0.3) is 0 Å². The van der Waals surface area contributed by atoms with Crippen molar-refractivity contribution >= 4 is 27.5 Å². The maximum atomic E-state index is 17.0. The van der Waals surface area contributed by atoms with Gasteiger partial charge < -0.3 is 24.8 Å². The number of halogens is 2. The first kappa shape index (κ1) is 27.5. The van der Waals surface area contributed by atoms with Crippen molar-refractivity contribution in [2.24, 2.45) is 0 Å². The molecular weight excluding hydrogens is 578 g/mol. The highest BCUT2D eigenvalue weighted by Gasteiger charge is 2.50. The number of phenolic OH excluding ortho intramolecular Hbond substituents is 1. The summed E-state index contributed by atoms with van der Waals surface area (Å²) in [6, 6.07) is 9.68. The molecule has 2 aromatic carbocycles. The molecule has 11 heteroatoms. The number of aromatic hydroxyl groups is 1. The van der Waals surface area contributed by atoms with Crippen LogP contribution in [0.5, 0.6) is 17.6 Å². The number of aryl methyl sites for hydroxylation is 1. The second-order valence-electron chi connectivity index (χ2n) is 13.4. The molecule has 7 heterocycles. The molecule has 0 saturated carbocycles. The summed E-state index contributed by atoms with van der Waals surface area (Å²) in [5, 5.41) is 16.5. The van der Waals surface area contributed by atoms with Crippen LogP contribution >= 0.6 is 0 Å². The second kappa shape index (κ2) is 10.1. The summed E-state index contributed by atoms with van der Waals surface area (Å²) in [6.45, 7) is 4.63. The largest absolute Gasteiger partial charge is 0.508 e. The van der Waals surface area contributed by atoms with Crippen LogP contribution in [0.1, 0.15) is 44.6 Å². The van der Waals surface area contributed by atoms with E-state index in [2.05, 4.69) is 20.1 Å². The van der Waals surface area contributed by atoms with E-state index in [-0.39, 0.29) is 47.5 Å². The average Bonchev–Trinajstić information content (AvgIpc) is 3.67. The number of hydrogen-bond donors (Lipinski definition) is 2. The highest BCUT2D eigenvalue weighted by atomic mass is 19.1. The Labute approximate surface area is 259 Å². The van der Waals surface area contributed by atoms with Crippen LogP contribution in [0.3, 0.4) is 0 Å². The van der Waals surface area contributed by atoms with Crippen LogP contribution in [0.25, 0.3) is 32.9 Å². The molecule has 0 unspecified atom stereocenters. The summed E-state index contributed by atoms with van der Waals surface area (Å²) in [6.07, 6.45) is 4.18. The number of piperazine rings is 1. The number of aromatic nitrogens is 3. The van der Waals surface area contributed by atoms with Gasteiger partial charge in [0.1, 0.15) is 47.5 Å². The second-order valence-corrected chi connectivity index (χ2v) is 13.4. The Morgan fingerprint density at radius 3 is 2.96 bits per heavy atom. The summed E-state index contributed by atoms with van der Waals surface area (Å²) >= 11 is 0. The Morgan fingerprint density at radius 1 is 1.16 bits per heavy atom. The lowest BCUT2D eigenvalue weighted by molar-refractivity contribution is 0.107. The number of rotatable bonds is 5. The van der Waals surface area contributed by atoms with Crippen molar-refractivity contribution in [2.45, 2.75) is 75.3 Å². The van der Waals surface area contributed by atoms with E-state index in [1.807, 2.05) is 25.1 Å². The van der Waals surface area contributed by atoms with Gasteiger partial charge in [-0.3, -0.25) is 4.90 Å². The molecule has 0 spiro atoms. The van der Waals surface area contributed by atoms with Crippen molar-refractivity contribution < 1.29 is 23.4 Å². The zero-order chi connectivity index (χ0) is 30.4. The van der Waals surface area contributed by atoms with Gasteiger partial charge in [0.05, 0.1) is 11.6 Å². The molecule has 0 amide bonds. The number of phenols is 1. The Bertz CT molecular complexity index is 1860. The van der Waals surface area contributed by atoms with Crippen molar-refractivity contribution in [1.82, 2.24) is 25.2 Å². The third-order valence-corrected chi connectivity index (χ3v) is 10.8. The summed E-state index contributed by atoms with van der Waals surface area (Å²) in [4.78, 5) is 18.8. The lowest BCUT2D eigenvalue weighted by Gasteiger charge is -2.40. The maximum Gasteiger partial charge on any atom is 0.319 e. The monoisotopic (exact) mass is 614 g/mol. The van der Waals surface area contributed by atoms with E-state index >= 15 is 4.39 Å². The van der Waals surface area contributed by atoms with Crippen molar-refractivity contribution in [3.8, 4) is 28.9 Å². The number of hydrogen-bond acceptors (Lipinski definition) is 9. The first-order chi connectivity index (χ1) is 21.9. The first-order valence-corrected chi connectivity index (χ1v) is 16.2. The molecule has 4 fully saturated rings. The number of anilines is 1. The van der Waals surface area contributed by atoms with Gasteiger partial charge in [-0.15, -0.1) is 0 Å². The minimum atomic E-state index is -0.885. The summed E-state index contributed by atoms with van der Waals surface area (Å²) < 4.78 is 44.3. The highest BCUT2D eigenvalue weighted by molar-refractivity contribution is 6.03. The molecule has 4 saturated heterocycles. The highest BCUT2D eigenvalue weighted by Crippen LogP contribution is 2.45. The van der Waals surface area contributed by atoms with Crippen molar-refractivity contribution in [3.63, 3.8) is 0 Å². The third-order valence-electron chi connectivity index (χ3n) is 10.8. The van der Waals surface area contributed by atoms with Gasteiger partial charge in [-0.1, -0.05) is 25.1 Å². The standard InChI is InChI=1S/C34H36F2N6O3/c1-2-18-5-3-6-19-11-22(43)12-23(26(18)19)29-28(36)30-27-31(42-15-21-7-8-24(37-21)25(42)16-44-32(27)38-29)40-33(39-30)45-17-34-9-4-10-41(34)14-20(35)13-34/h3,5-6,11-12,20-21,24-25,37,43H,2,4,7-10,13-17H2,1H3/t20-,21-,24+,25-,34+/m1/s1. The molecule has 5 aliphatic rings. The number of ether oxygens (including phenoxy) is 2. The van der Waals surface area contributed by atoms with Crippen LogP contribution < -0.4 is 19.7 Å². The molecule has 2 bridgehead atoms. The van der Waals surface area contributed by atoms with Gasteiger partial charge in [-0.2, -0.15) is 9.97 Å². The fourth-order valence-electron chi connectivity index (χ4n) is 8.78. The quantitative estimate of drug-likeness (QED) is 0.325. The van der Waals surface area contributed by atoms with Crippen LogP contribution in [-0.2, 0) is 6.42 Å². The molecule has 234 valence electrons. The molecule has 4 aromatic rings. The van der Waals surface area contributed by atoms with Crippen molar-refractivity contribution in [2.75, 3.05) is 37.7 Å². The van der Waals surface area contributed by atoms with Gasteiger partial charge >= 0.3 is 6.01 Å². The van der Waals surface area contributed by atoms with E-state index < -0.39 is 17.5 Å². The van der Waals surface area contributed by atoms with Crippen LogP contribution in [0, 0.1) is 5.82 Å². The van der Waals surface area contributed by atoms with Gasteiger partial charge in [0, 0.05) is 37.2 Å². The molecule has 0 radical (unpaired) electrons. The molecule has 45 heavy (non-hydrogen) atoms. The number of alkyl halides is 1. The number of fused-ring (bicyclic) bond motifs is 7. The van der Waals surface area contributed by atoms with Crippen LogP contribution in [0.4, 0.5) is 14.6 Å². The van der Waals surface area contributed by atoms with Crippen LogP contribution in [0.2, 0.25) is 0 Å². The molecule has 5 atom stereocenters. The molecule has 5 aliphatic heterocycles. The molecular formula is C34H36F2N6O3. The van der Waals surface area contributed by atoms with E-state index in [4.69, 9.17) is 19.4 Å². The van der Waals surface area contributed by atoms with Crippen LogP contribution in [0.15, 0.2) is 30.3 Å². The fourth-order valence-corrected chi connectivity index (χ4v) is 8.78. The molecule has 2 aromatic heterocycles. The summed E-state index contributed by atoms with van der Waals surface area (Å²) in [5.41, 5.74) is 1.24. The van der Waals surface area contributed by atoms with Gasteiger partial charge in [0.2, 0.25) is 5.88 Å². The zero-order valence-electron chi connectivity index (χ0n) is 25.2. The average molecular weight is 615 g/mol. The summed E-state index contributed by atoms with van der Waals surface area (Å²) in [7, 11) is 0. The molecule has 9 rings (SSSR count). The maximum absolute atomic E-state index is 17.0. The third kappa shape index (κ3) is 4.19. The van der Waals surface area contributed by atoms with Crippen LogP contribution in [-0.4, -0.2) is 87.6 Å². The fraction of sp³-hybridized carbons (Fsp3) is 0.500. The van der Waals surface area contributed by atoms with E-state index in [1.165, 1.54) is 0 Å². The minimum Gasteiger partial charge on any atom is -0.508 e. The zero-order valence-corrected chi connectivity index (χ0v) is 25.2. The van der Waals surface area contributed by atoms with Gasteiger partial charge in [-0.25, -0.2) is 13.8 Å². The van der Waals surface area contributed by atoms with Crippen molar-refractivity contribution in [3.05, 3.63) is 41.7 Å². The lowest BCUT2D eigenvalue weighted by Crippen LogP contribution is -2.60. The Kier molecular flexibility index (Phi) is 6.16. The summed E-state index contributed by atoms with van der Waals surface area (Å²) in [5.74, 6) is 0.240. The SMILES string of the molecule is CCc1cccc2cc(O)cc(-c3nc4c5c(nc(OC[C@@]67CCCN6C[C@H](F)C7)nc5c3F)N3C[C@H]5CC[C@H](N5)[C@H]3CO4)c12. The van der Waals surface area contributed by atoms with Crippen molar-refractivity contribution in [1.29, 1.82) is 0 Å². The Balaban J connectivity index is 1.24. The smallest absolute Gasteiger partial charge is 0.319 e. The van der Waals surface area contributed by atoms with E-state index in [1.54, 1.807) is 12.1 Å². The van der Waals surface area contributed by atoms with Gasteiger partial charge in [0.15, 0.2) is 5.82 Å². The molecule has 9 nitrogen and oxygen atoms in total. The first-order valence-electron chi connectivity index (χ1n) is 16.2.